The molecule has 1 heterocycles. The number of rotatable bonds is 5. The van der Waals surface area contributed by atoms with E-state index in [1.807, 2.05) is 50.4 Å². The summed E-state index contributed by atoms with van der Waals surface area (Å²) < 4.78 is 5.25. The van der Waals surface area contributed by atoms with E-state index in [0.717, 1.165) is 22.0 Å². The maximum Gasteiger partial charge on any atom is 0.250 e. The molecule has 0 unspecified atom stereocenters. The second kappa shape index (κ2) is 6.63. The third-order valence-electron chi connectivity index (χ3n) is 2.63. The molecule has 0 aliphatic rings. The minimum Gasteiger partial charge on any atom is -0.369 e. The van der Waals surface area contributed by atoms with Crippen LogP contribution in [-0.2, 0) is 9.53 Å². The lowest BCUT2D eigenvalue weighted by Gasteiger charge is -2.08. The highest BCUT2D eigenvalue weighted by atomic mass is 32.1. The molecule has 0 spiro atoms. The Hall–Kier alpha value is -1.72. The number of thiazole rings is 1. The van der Waals surface area contributed by atoms with Crippen LogP contribution < -0.4 is 5.32 Å². The Kier molecular flexibility index (Phi) is 4.87. The van der Waals surface area contributed by atoms with Crippen molar-refractivity contribution in [3.8, 4) is 11.3 Å². The maximum atomic E-state index is 11.6. The quantitative estimate of drug-likeness (QED) is 0.917. The summed E-state index contributed by atoms with van der Waals surface area (Å²) in [5.74, 6) is -0.143. The molecule has 1 N–H and O–H groups in total. The number of aromatic nitrogens is 1. The fourth-order valence-corrected chi connectivity index (χ4v) is 2.28. The third kappa shape index (κ3) is 4.15. The SMILES string of the molecule is Cc1nc(-c2ccc(NC(=O)COC(C)C)cc2)cs1. The molecule has 106 valence electrons. The molecule has 4 nitrogen and oxygen atoms in total. The maximum absolute atomic E-state index is 11.6. The standard InChI is InChI=1S/C15H18N2O2S/c1-10(2)19-8-15(18)17-13-6-4-12(5-7-13)14-9-20-11(3)16-14/h4-7,9-10H,8H2,1-3H3,(H,17,18). The van der Waals surface area contributed by atoms with Crippen molar-refractivity contribution < 1.29 is 9.53 Å². The molecule has 0 bridgehead atoms. The van der Waals surface area contributed by atoms with Crippen LogP contribution in [0.1, 0.15) is 18.9 Å². The molecule has 1 amide bonds. The van der Waals surface area contributed by atoms with E-state index in [1.54, 1.807) is 11.3 Å². The molecule has 1 aromatic heterocycles. The number of hydrogen-bond acceptors (Lipinski definition) is 4. The van der Waals surface area contributed by atoms with Gasteiger partial charge in [-0.25, -0.2) is 4.98 Å². The second-order valence-electron chi connectivity index (χ2n) is 4.74. The summed E-state index contributed by atoms with van der Waals surface area (Å²) in [5.41, 5.74) is 2.78. The predicted octanol–water partition coefficient (Wildman–Crippen LogP) is 3.48. The van der Waals surface area contributed by atoms with Gasteiger partial charge in [-0.1, -0.05) is 12.1 Å². The highest BCUT2D eigenvalue weighted by Crippen LogP contribution is 2.23. The molecule has 2 rings (SSSR count). The minimum absolute atomic E-state index is 0.0519. The van der Waals surface area contributed by atoms with Gasteiger partial charge in [0.25, 0.3) is 0 Å². The van der Waals surface area contributed by atoms with Gasteiger partial charge in [0.2, 0.25) is 5.91 Å². The summed E-state index contributed by atoms with van der Waals surface area (Å²) >= 11 is 1.63. The van der Waals surface area contributed by atoms with Crippen LogP contribution in [0.2, 0.25) is 0 Å². The average molecular weight is 290 g/mol. The van der Waals surface area contributed by atoms with Crippen LogP contribution in [0.15, 0.2) is 29.6 Å². The lowest BCUT2D eigenvalue weighted by Crippen LogP contribution is -2.20. The van der Waals surface area contributed by atoms with E-state index < -0.39 is 0 Å². The molecule has 0 aliphatic heterocycles. The largest absolute Gasteiger partial charge is 0.369 e. The van der Waals surface area contributed by atoms with Crippen molar-refractivity contribution in [1.29, 1.82) is 0 Å². The number of carbonyl (C=O) groups excluding carboxylic acids is 1. The van der Waals surface area contributed by atoms with Crippen molar-refractivity contribution >= 4 is 22.9 Å². The van der Waals surface area contributed by atoms with Crippen molar-refractivity contribution in [2.24, 2.45) is 0 Å². The zero-order valence-corrected chi connectivity index (χ0v) is 12.7. The number of amides is 1. The smallest absolute Gasteiger partial charge is 0.250 e. The van der Waals surface area contributed by atoms with Crippen LogP contribution in [0.3, 0.4) is 0 Å². The average Bonchev–Trinajstić information content (AvgIpc) is 2.84. The van der Waals surface area contributed by atoms with Gasteiger partial charge in [-0.2, -0.15) is 0 Å². The van der Waals surface area contributed by atoms with Crippen molar-refractivity contribution in [3.05, 3.63) is 34.7 Å². The van der Waals surface area contributed by atoms with E-state index in [9.17, 15) is 4.79 Å². The summed E-state index contributed by atoms with van der Waals surface area (Å²) in [6.07, 6.45) is 0.0519. The van der Waals surface area contributed by atoms with Gasteiger partial charge in [0.1, 0.15) is 6.61 Å². The van der Waals surface area contributed by atoms with E-state index in [-0.39, 0.29) is 18.6 Å². The van der Waals surface area contributed by atoms with E-state index in [1.165, 1.54) is 0 Å². The Labute approximate surface area is 122 Å². The summed E-state index contributed by atoms with van der Waals surface area (Å²) in [6.45, 7) is 5.86. The molecule has 5 heteroatoms. The molecule has 20 heavy (non-hydrogen) atoms. The second-order valence-corrected chi connectivity index (χ2v) is 5.80. The predicted molar refractivity (Wildman–Crippen MR) is 82.0 cm³/mol. The van der Waals surface area contributed by atoms with Crippen LogP contribution in [0.5, 0.6) is 0 Å². The van der Waals surface area contributed by atoms with Crippen molar-refractivity contribution in [2.45, 2.75) is 26.9 Å². The van der Waals surface area contributed by atoms with E-state index in [2.05, 4.69) is 10.3 Å². The first-order chi connectivity index (χ1) is 9.54. The van der Waals surface area contributed by atoms with E-state index in [0.29, 0.717) is 0 Å². The Bertz CT molecular complexity index is 576. The molecule has 0 fully saturated rings. The Morgan fingerprint density at radius 2 is 2.05 bits per heavy atom. The highest BCUT2D eigenvalue weighted by Gasteiger charge is 2.05. The van der Waals surface area contributed by atoms with Crippen molar-refractivity contribution in [2.75, 3.05) is 11.9 Å². The number of hydrogen-bond donors (Lipinski definition) is 1. The fraction of sp³-hybridized carbons (Fsp3) is 0.333. The zero-order valence-electron chi connectivity index (χ0n) is 11.8. The minimum atomic E-state index is -0.143. The Morgan fingerprint density at radius 3 is 2.60 bits per heavy atom. The van der Waals surface area contributed by atoms with Crippen LogP contribution in [0.4, 0.5) is 5.69 Å². The molecular formula is C15H18N2O2S. The summed E-state index contributed by atoms with van der Waals surface area (Å²) in [6, 6.07) is 7.65. The van der Waals surface area contributed by atoms with Gasteiger partial charge in [-0.15, -0.1) is 11.3 Å². The molecule has 0 atom stereocenters. The van der Waals surface area contributed by atoms with Crippen LogP contribution in [0, 0.1) is 6.92 Å². The first-order valence-corrected chi connectivity index (χ1v) is 7.36. The Balaban J connectivity index is 1.96. The molecule has 0 radical (unpaired) electrons. The molecule has 0 saturated carbocycles. The fourth-order valence-electron chi connectivity index (χ4n) is 1.66. The molecule has 1 aromatic carbocycles. The van der Waals surface area contributed by atoms with Crippen molar-refractivity contribution in [1.82, 2.24) is 4.98 Å². The van der Waals surface area contributed by atoms with Gasteiger partial charge in [-0.3, -0.25) is 4.79 Å². The monoisotopic (exact) mass is 290 g/mol. The number of ether oxygens (including phenoxy) is 1. The number of anilines is 1. The Morgan fingerprint density at radius 1 is 1.35 bits per heavy atom. The summed E-state index contributed by atoms with van der Waals surface area (Å²) in [4.78, 5) is 16.1. The highest BCUT2D eigenvalue weighted by molar-refractivity contribution is 7.09. The number of benzene rings is 1. The molecular weight excluding hydrogens is 272 g/mol. The van der Waals surface area contributed by atoms with Gasteiger partial charge in [0.05, 0.1) is 16.8 Å². The molecule has 2 aromatic rings. The van der Waals surface area contributed by atoms with Gasteiger partial charge < -0.3 is 10.1 Å². The van der Waals surface area contributed by atoms with Crippen LogP contribution >= 0.6 is 11.3 Å². The zero-order chi connectivity index (χ0) is 14.5. The summed E-state index contributed by atoms with van der Waals surface area (Å²) in [7, 11) is 0. The molecule has 0 saturated heterocycles. The first kappa shape index (κ1) is 14.7. The number of aryl methyl sites for hydroxylation is 1. The number of nitrogens with zero attached hydrogens (tertiary/aromatic N) is 1. The van der Waals surface area contributed by atoms with Gasteiger partial charge in [-0.05, 0) is 32.9 Å². The van der Waals surface area contributed by atoms with Gasteiger partial charge >= 0.3 is 0 Å². The lowest BCUT2D eigenvalue weighted by atomic mass is 10.1. The summed E-state index contributed by atoms with van der Waals surface area (Å²) in [5, 5.41) is 5.87. The lowest BCUT2D eigenvalue weighted by molar-refractivity contribution is -0.121. The number of nitrogens with one attached hydrogen (secondary N) is 1. The van der Waals surface area contributed by atoms with Gasteiger partial charge in [0.15, 0.2) is 0 Å². The first-order valence-electron chi connectivity index (χ1n) is 6.48. The number of carbonyl (C=O) groups is 1. The third-order valence-corrected chi connectivity index (χ3v) is 3.40. The van der Waals surface area contributed by atoms with Crippen LogP contribution in [-0.4, -0.2) is 23.6 Å². The van der Waals surface area contributed by atoms with E-state index >= 15 is 0 Å². The van der Waals surface area contributed by atoms with Crippen LogP contribution in [0.25, 0.3) is 11.3 Å². The molecule has 0 aliphatic carbocycles. The van der Waals surface area contributed by atoms with E-state index in [4.69, 9.17) is 4.74 Å². The topological polar surface area (TPSA) is 51.2 Å². The normalized spacial score (nSPS) is 10.8. The van der Waals surface area contributed by atoms with Gasteiger partial charge in [0, 0.05) is 16.6 Å². The van der Waals surface area contributed by atoms with Crippen molar-refractivity contribution in [3.63, 3.8) is 0 Å².